The molecule has 1 aliphatic rings. The molecule has 1 saturated heterocycles. The van der Waals surface area contributed by atoms with Crippen molar-refractivity contribution in [1.82, 2.24) is 25.2 Å². The minimum absolute atomic E-state index is 0.125. The van der Waals surface area contributed by atoms with Gasteiger partial charge in [0.1, 0.15) is 0 Å². The van der Waals surface area contributed by atoms with Crippen LogP contribution in [0.15, 0.2) is 63.9 Å². The number of pyridine rings is 1. The van der Waals surface area contributed by atoms with Crippen LogP contribution < -0.4 is 0 Å². The number of aromatic nitrogens is 4. The fraction of sp³-hybridized carbons (Fsp3) is 0.292. The highest BCUT2D eigenvalue weighted by Gasteiger charge is 2.28. The summed E-state index contributed by atoms with van der Waals surface area (Å²) in [4.78, 5) is 23.5. The number of carbonyl (C=O) groups excluding carboxylic acids is 1. The molecule has 8 nitrogen and oxygen atoms in total. The van der Waals surface area contributed by atoms with Crippen molar-refractivity contribution in [2.45, 2.75) is 26.2 Å². The standard InChI is InChI=1S/C24H23N5O3/c1-16-6-2-3-9-19(16)23-26-22(32-28-23)12-17-7-5-11-29(15-17)24(30)20-13-21(31-27-20)18-8-4-10-25-14-18/h2-4,6,8-10,13-14,17H,5,7,11-12,15H2,1H3. The molecule has 1 fully saturated rings. The van der Waals surface area contributed by atoms with E-state index in [-0.39, 0.29) is 11.8 Å². The maximum atomic E-state index is 13.0. The molecule has 162 valence electrons. The number of hydrogen-bond acceptors (Lipinski definition) is 7. The number of likely N-dealkylation sites (tertiary alicyclic amines) is 1. The quantitative estimate of drug-likeness (QED) is 0.469. The molecule has 4 heterocycles. The Morgan fingerprint density at radius 2 is 2.06 bits per heavy atom. The zero-order valence-electron chi connectivity index (χ0n) is 17.8. The Morgan fingerprint density at radius 3 is 2.91 bits per heavy atom. The van der Waals surface area contributed by atoms with Crippen molar-refractivity contribution in [3.63, 3.8) is 0 Å². The van der Waals surface area contributed by atoms with Crippen LogP contribution in [-0.2, 0) is 6.42 Å². The Hall–Kier alpha value is -3.81. The minimum atomic E-state index is -0.125. The Morgan fingerprint density at radius 1 is 1.16 bits per heavy atom. The van der Waals surface area contributed by atoms with Gasteiger partial charge in [0.15, 0.2) is 11.5 Å². The van der Waals surface area contributed by atoms with E-state index in [0.29, 0.717) is 42.7 Å². The first-order valence-electron chi connectivity index (χ1n) is 10.7. The van der Waals surface area contributed by atoms with Gasteiger partial charge in [0.2, 0.25) is 11.7 Å². The van der Waals surface area contributed by atoms with Gasteiger partial charge in [-0.15, -0.1) is 0 Å². The molecule has 0 radical (unpaired) electrons. The van der Waals surface area contributed by atoms with E-state index in [9.17, 15) is 4.79 Å². The summed E-state index contributed by atoms with van der Waals surface area (Å²) in [5.41, 5.74) is 3.17. The van der Waals surface area contributed by atoms with Crippen molar-refractivity contribution in [2.75, 3.05) is 13.1 Å². The largest absolute Gasteiger partial charge is 0.355 e. The highest BCUT2D eigenvalue weighted by atomic mass is 16.5. The normalized spacial score (nSPS) is 16.3. The maximum Gasteiger partial charge on any atom is 0.276 e. The molecular formula is C24H23N5O3. The van der Waals surface area contributed by atoms with Crippen LogP contribution >= 0.6 is 0 Å². The summed E-state index contributed by atoms with van der Waals surface area (Å²) in [6.45, 7) is 3.35. The molecule has 1 amide bonds. The summed E-state index contributed by atoms with van der Waals surface area (Å²) in [6, 6.07) is 13.3. The van der Waals surface area contributed by atoms with Crippen molar-refractivity contribution in [2.24, 2.45) is 5.92 Å². The number of aryl methyl sites for hydroxylation is 1. The summed E-state index contributed by atoms with van der Waals surface area (Å²) in [7, 11) is 0. The number of amides is 1. The van der Waals surface area contributed by atoms with Gasteiger partial charge >= 0.3 is 0 Å². The summed E-state index contributed by atoms with van der Waals surface area (Å²) in [6.07, 6.45) is 5.94. The second-order valence-electron chi connectivity index (χ2n) is 8.11. The van der Waals surface area contributed by atoms with Crippen LogP contribution in [0.3, 0.4) is 0 Å². The molecule has 1 atom stereocenters. The number of benzene rings is 1. The number of rotatable bonds is 5. The molecule has 3 aromatic heterocycles. The Balaban J connectivity index is 1.25. The monoisotopic (exact) mass is 429 g/mol. The molecular weight excluding hydrogens is 406 g/mol. The van der Waals surface area contributed by atoms with Crippen LogP contribution in [-0.4, -0.2) is 44.2 Å². The minimum Gasteiger partial charge on any atom is -0.355 e. The second kappa shape index (κ2) is 8.74. The fourth-order valence-corrected chi connectivity index (χ4v) is 4.12. The van der Waals surface area contributed by atoms with Crippen LogP contribution in [0.2, 0.25) is 0 Å². The summed E-state index contributed by atoms with van der Waals surface area (Å²) in [5, 5.41) is 8.14. The fourth-order valence-electron chi connectivity index (χ4n) is 4.12. The van der Waals surface area contributed by atoms with Crippen LogP contribution in [0.1, 0.15) is 34.8 Å². The van der Waals surface area contributed by atoms with Crippen LogP contribution in [0.25, 0.3) is 22.7 Å². The predicted molar refractivity (Wildman–Crippen MR) is 117 cm³/mol. The molecule has 1 unspecified atom stereocenters. The Labute approximate surface area is 185 Å². The average molecular weight is 429 g/mol. The molecule has 32 heavy (non-hydrogen) atoms. The third-order valence-electron chi connectivity index (χ3n) is 5.80. The van der Waals surface area contributed by atoms with Gasteiger partial charge in [0, 0.05) is 49.1 Å². The Bertz CT molecular complexity index is 1220. The zero-order chi connectivity index (χ0) is 21.9. The van der Waals surface area contributed by atoms with Gasteiger partial charge in [-0.3, -0.25) is 9.78 Å². The molecule has 0 spiro atoms. The van der Waals surface area contributed by atoms with Crippen LogP contribution in [0, 0.1) is 12.8 Å². The van der Waals surface area contributed by atoms with Gasteiger partial charge in [0.05, 0.1) is 0 Å². The SMILES string of the molecule is Cc1ccccc1-c1noc(CC2CCCN(C(=O)c3cc(-c4cccnc4)on3)C2)n1. The van der Waals surface area contributed by atoms with E-state index in [1.54, 1.807) is 18.5 Å². The predicted octanol–water partition coefficient (Wildman–Crippen LogP) is 4.19. The first kappa shape index (κ1) is 20.1. The van der Waals surface area contributed by atoms with Crippen molar-refractivity contribution < 1.29 is 13.8 Å². The first-order chi connectivity index (χ1) is 15.7. The smallest absolute Gasteiger partial charge is 0.276 e. The van der Waals surface area contributed by atoms with Crippen molar-refractivity contribution in [1.29, 1.82) is 0 Å². The third kappa shape index (κ3) is 4.16. The lowest BCUT2D eigenvalue weighted by atomic mass is 9.94. The van der Waals surface area contributed by atoms with Crippen molar-refractivity contribution >= 4 is 5.91 Å². The number of carbonyl (C=O) groups is 1. The van der Waals surface area contributed by atoms with Crippen molar-refractivity contribution in [3.8, 4) is 22.7 Å². The van der Waals surface area contributed by atoms with Gasteiger partial charge in [-0.05, 0) is 43.4 Å². The molecule has 0 saturated carbocycles. The van der Waals surface area contributed by atoms with Gasteiger partial charge in [-0.1, -0.05) is 34.6 Å². The average Bonchev–Trinajstić information content (AvgIpc) is 3.50. The molecule has 1 aliphatic heterocycles. The molecule has 0 bridgehead atoms. The van der Waals surface area contributed by atoms with E-state index in [1.165, 1.54) is 0 Å². The van der Waals surface area contributed by atoms with E-state index in [1.807, 2.05) is 48.2 Å². The molecule has 8 heteroatoms. The lowest BCUT2D eigenvalue weighted by molar-refractivity contribution is 0.0658. The van der Waals surface area contributed by atoms with Crippen molar-refractivity contribution in [3.05, 3.63) is 72.0 Å². The van der Waals surface area contributed by atoms with Gasteiger partial charge in [-0.25, -0.2) is 0 Å². The molecule has 4 aromatic rings. The lowest BCUT2D eigenvalue weighted by Crippen LogP contribution is -2.40. The number of nitrogens with zero attached hydrogens (tertiary/aromatic N) is 5. The zero-order valence-corrected chi connectivity index (χ0v) is 17.8. The number of hydrogen-bond donors (Lipinski definition) is 0. The Kier molecular flexibility index (Phi) is 5.49. The topological polar surface area (TPSA) is 98.2 Å². The van der Waals surface area contributed by atoms with E-state index in [0.717, 1.165) is 29.5 Å². The molecule has 5 rings (SSSR count). The molecule has 1 aromatic carbocycles. The second-order valence-corrected chi connectivity index (χ2v) is 8.11. The van der Waals surface area contributed by atoms with E-state index in [4.69, 9.17) is 9.05 Å². The lowest BCUT2D eigenvalue weighted by Gasteiger charge is -2.31. The highest BCUT2D eigenvalue weighted by Crippen LogP contribution is 2.25. The third-order valence-corrected chi connectivity index (χ3v) is 5.80. The van der Waals surface area contributed by atoms with Crippen LogP contribution in [0.4, 0.5) is 0 Å². The molecule has 0 aliphatic carbocycles. The summed E-state index contributed by atoms with van der Waals surface area (Å²) >= 11 is 0. The summed E-state index contributed by atoms with van der Waals surface area (Å²) in [5.74, 6) is 1.86. The number of piperidine rings is 1. The highest BCUT2D eigenvalue weighted by molar-refractivity contribution is 5.93. The molecule has 0 N–H and O–H groups in total. The van der Waals surface area contributed by atoms with Gasteiger partial charge < -0.3 is 13.9 Å². The van der Waals surface area contributed by atoms with Gasteiger partial charge in [0.25, 0.3) is 5.91 Å². The van der Waals surface area contributed by atoms with Crippen LogP contribution in [0.5, 0.6) is 0 Å². The van der Waals surface area contributed by atoms with E-state index < -0.39 is 0 Å². The first-order valence-corrected chi connectivity index (χ1v) is 10.7. The van der Waals surface area contributed by atoms with E-state index in [2.05, 4.69) is 20.3 Å². The maximum absolute atomic E-state index is 13.0. The summed E-state index contributed by atoms with van der Waals surface area (Å²) < 4.78 is 10.9. The van der Waals surface area contributed by atoms with Gasteiger partial charge in [-0.2, -0.15) is 4.98 Å². The van der Waals surface area contributed by atoms with E-state index >= 15 is 0 Å².